The van der Waals surface area contributed by atoms with Crippen LogP contribution in [0.4, 0.5) is 0 Å². The molecule has 1 aromatic heterocycles. The molecular weight excluding hydrogens is 290 g/mol. The Kier molecular flexibility index (Phi) is 3.80. The maximum absolute atomic E-state index is 12.5. The van der Waals surface area contributed by atoms with Crippen LogP contribution < -0.4 is 10.9 Å². The Morgan fingerprint density at radius 3 is 2.70 bits per heavy atom. The van der Waals surface area contributed by atoms with Crippen molar-refractivity contribution in [3.05, 3.63) is 63.3 Å². The molecule has 1 saturated carbocycles. The van der Waals surface area contributed by atoms with Gasteiger partial charge in [0, 0.05) is 12.0 Å². The lowest BCUT2D eigenvalue weighted by molar-refractivity contribution is 0.0906. The van der Waals surface area contributed by atoms with Gasteiger partial charge < -0.3 is 10.3 Å². The monoisotopic (exact) mass is 311 g/mol. The van der Waals surface area contributed by atoms with Crippen LogP contribution in [0.3, 0.4) is 0 Å². The third-order valence-corrected chi connectivity index (χ3v) is 4.12. The summed E-state index contributed by atoms with van der Waals surface area (Å²) < 4.78 is 0. The molecule has 3 rings (SSSR count). The molecule has 2 aromatic rings. The summed E-state index contributed by atoms with van der Waals surface area (Å²) in [5.74, 6) is 0.584. The molecule has 0 aliphatic heterocycles. The van der Waals surface area contributed by atoms with Crippen molar-refractivity contribution < 1.29 is 4.79 Å². The highest BCUT2D eigenvalue weighted by Gasteiger charge is 2.28. The van der Waals surface area contributed by atoms with Gasteiger partial charge in [0.25, 0.3) is 11.5 Å². The van der Waals surface area contributed by atoms with E-state index in [9.17, 15) is 9.59 Å². The lowest BCUT2D eigenvalue weighted by Gasteiger charge is -2.27. The number of benzene rings is 1. The number of nitrogens with zero attached hydrogens (tertiary/aromatic N) is 1. The van der Waals surface area contributed by atoms with Gasteiger partial charge in [0.05, 0.1) is 5.54 Å². The normalized spacial score (nSPS) is 14.6. The molecule has 0 saturated heterocycles. The van der Waals surface area contributed by atoms with E-state index < -0.39 is 5.54 Å². The van der Waals surface area contributed by atoms with Crippen LogP contribution in [0, 0.1) is 6.92 Å². The molecule has 23 heavy (non-hydrogen) atoms. The lowest BCUT2D eigenvalue weighted by atomic mass is 9.93. The molecule has 1 heterocycles. The number of hydrogen-bond donors (Lipinski definition) is 2. The first-order chi connectivity index (χ1) is 10.8. The van der Waals surface area contributed by atoms with Crippen molar-refractivity contribution in [1.82, 2.24) is 15.3 Å². The number of H-pyrrole nitrogens is 1. The Bertz CT molecular complexity index is 804. The summed E-state index contributed by atoms with van der Waals surface area (Å²) in [7, 11) is 0. The van der Waals surface area contributed by atoms with Crippen molar-refractivity contribution in [3.8, 4) is 0 Å². The fraction of sp³-hybridized carbons (Fsp3) is 0.389. The number of nitrogens with one attached hydrogen (secondary N) is 2. The minimum absolute atomic E-state index is 0.177. The van der Waals surface area contributed by atoms with E-state index in [-0.39, 0.29) is 17.2 Å². The van der Waals surface area contributed by atoms with Gasteiger partial charge in [-0.2, -0.15) is 0 Å². The topological polar surface area (TPSA) is 74.8 Å². The standard InChI is InChI=1S/C18H21N3O2/c1-11-5-4-6-13(9-11)18(2,3)21-17(23)14-10-15(22)20-16(19-14)12-7-8-12/h4-6,9-10,12H,7-8H2,1-3H3,(H,21,23)(H,19,20,22). The van der Waals surface area contributed by atoms with Crippen LogP contribution in [0.5, 0.6) is 0 Å². The van der Waals surface area contributed by atoms with Gasteiger partial charge in [0.1, 0.15) is 11.5 Å². The summed E-state index contributed by atoms with van der Waals surface area (Å²) in [6.45, 7) is 5.89. The Morgan fingerprint density at radius 2 is 2.04 bits per heavy atom. The smallest absolute Gasteiger partial charge is 0.270 e. The quantitative estimate of drug-likeness (QED) is 0.911. The summed E-state index contributed by atoms with van der Waals surface area (Å²) in [6.07, 6.45) is 2.03. The first-order valence-corrected chi connectivity index (χ1v) is 7.86. The molecule has 0 unspecified atom stereocenters. The van der Waals surface area contributed by atoms with Crippen molar-refractivity contribution >= 4 is 5.91 Å². The zero-order valence-electron chi connectivity index (χ0n) is 13.6. The third-order valence-electron chi connectivity index (χ3n) is 4.12. The first-order valence-electron chi connectivity index (χ1n) is 7.86. The Morgan fingerprint density at radius 1 is 1.30 bits per heavy atom. The van der Waals surface area contributed by atoms with Crippen LogP contribution in [0.25, 0.3) is 0 Å². The molecule has 1 aliphatic rings. The molecule has 2 N–H and O–H groups in total. The average molecular weight is 311 g/mol. The molecule has 120 valence electrons. The van der Waals surface area contributed by atoms with E-state index in [0.717, 1.165) is 24.0 Å². The van der Waals surface area contributed by atoms with E-state index in [0.29, 0.717) is 11.7 Å². The zero-order valence-corrected chi connectivity index (χ0v) is 13.6. The maximum atomic E-state index is 12.5. The van der Waals surface area contributed by atoms with Gasteiger partial charge in [-0.15, -0.1) is 0 Å². The maximum Gasteiger partial charge on any atom is 0.270 e. The number of amides is 1. The fourth-order valence-corrected chi connectivity index (χ4v) is 2.60. The van der Waals surface area contributed by atoms with E-state index in [1.165, 1.54) is 6.07 Å². The number of aryl methyl sites for hydroxylation is 1. The van der Waals surface area contributed by atoms with Gasteiger partial charge >= 0.3 is 0 Å². The van der Waals surface area contributed by atoms with Crippen LogP contribution in [-0.4, -0.2) is 15.9 Å². The Hall–Kier alpha value is -2.43. The molecule has 0 atom stereocenters. The molecule has 1 aliphatic carbocycles. The molecule has 0 bridgehead atoms. The molecule has 0 radical (unpaired) electrons. The van der Waals surface area contributed by atoms with Crippen molar-refractivity contribution in [2.24, 2.45) is 0 Å². The van der Waals surface area contributed by atoms with Crippen LogP contribution in [0.2, 0.25) is 0 Å². The van der Waals surface area contributed by atoms with E-state index >= 15 is 0 Å². The van der Waals surface area contributed by atoms with Crippen molar-refractivity contribution in [2.75, 3.05) is 0 Å². The second-order valence-electron chi connectivity index (χ2n) is 6.74. The fourth-order valence-electron chi connectivity index (χ4n) is 2.60. The highest BCUT2D eigenvalue weighted by Crippen LogP contribution is 2.37. The molecule has 1 aromatic carbocycles. The predicted octanol–water partition coefficient (Wildman–Crippen LogP) is 2.62. The van der Waals surface area contributed by atoms with Crippen LogP contribution in [-0.2, 0) is 5.54 Å². The second kappa shape index (κ2) is 5.65. The minimum Gasteiger partial charge on any atom is -0.342 e. The van der Waals surface area contributed by atoms with Gasteiger partial charge in [-0.25, -0.2) is 4.98 Å². The third kappa shape index (κ3) is 3.50. The number of hydrogen-bond acceptors (Lipinski definition) is 3. The van der Waals surface area contributed by atoms with Crippen LogP contribution in [0.1, 0.15) is 60.0 Å². The zero-order chi connectivity index (χ0) is 16.6. The van der Waals surface area contributed by atoms with E-state index in [1.54, 1.807) is 0 Å². The van der Waals surface area contributed by atoms with Crippen LogP contribution in [0.15, 0.2) is 35.1 Å². The summed E-state index contributed by atoms with van der Waals surface area (Å²) in [6, 6.07) is 9.26. The molecular formula is C18H21N3O2. The van der Waals surface area contributed by atoms with Gasteiger partial charge in [-0.1, -0.05) is 29.8 Å². The number of carbonyl (C=O) groups excluding carboxylic acids is 1. The number of aromatic nitrogens is 2. The van der Waals surface area contributed by atoms with Gasteiger partial charge in [0.15, 0.2) is 0 Å². The van der Waals surface area contributed by atoms with Crippen molar-refractivity contribution in [1.29, 1.82) is 0 Å². The van der Waals surface area contributed by atoms with Gasteiger partial charge in [-0.3, -0.25) is 9.59 Å². The highest BCUT2D eigenvalue weighted by molar-refractivity contribution is 5.92. The lowest BCUT2D eigenvalue weighted by Crippen LogP contribution is -2.41. The van der Waals surface area contributed by atoms with E-state index in [4.69, 9.17) is 0 Å². The highest BCUT2D eigenvalue weighted by atomic mass is 16.2. The number of aromatic amines is 1. The summed E-state index contributed by atoms with van der Waals surface area (Å²) >= 11 is 0. The molecule has 0 spiro atoms. The van der Waals surface area contributed by atoms with Crippen molar-refractivity contribution in [2.45, 2.75) is 45.1 Å². The summed E-state index contributed by atoms with van der Waals surface area (Å²) in [5.41, 5.74) is 1.50. The molecule has 5 heteroatoms. The number of rotatable bonds is 4. The molecule has 1 amide bonds. The SMILES string of the molecule is Cc1cccc(C(C)(C)NC(=O)c2cc(=O)[nH]c(C3CC3)n2)c1. The van der Waals surface area contributed by atoms with Crippen LogP contribution >= 0.6 is 0 Å². The van der Waals surface area contributed by atoms with Crippen molar-refractivity contribution in [3.63, 3.8) is 0 Å². The Labute approximate surface area is 135 Å². The Balaban J connectivity index is 1.85. The van der Waals surface area contributed by atoms with Gasteiger partial charge in [-0.05, 0) is 39.2 Å². The summed E-state index contributed by atoms with van der Waals surface area (Å²) in [4.78, 5) is 31.3. The number of carbonyl (C=O) groups is 1. The average Bonchev–Trinajstić information content (AvgIpc) is 3.31. The first kappa shape index (κ1) is 15.5. The molecule has 5 nitrogen and oxygen atoms in total. The van der Waals surface area contributed by atoms with E-state index in [1.807, 2.05) is 45.0 Å². The van der Waals surface area contributed by atoms with Gasteiger partial charge in [0.2, 0.25) is 0 Å². The summed E-state index contributed by atoms with van der Waals surface area (Å²) in [5, 5.41) is 2.98. The second-order valence-corrected chi connectivity index (χ2v) is 6.74. The van der Waals surface area contributed by atoms with E-state index in [2.05, 4.69) is 15.3 Å². The largest absolute Gasteiger partial charge is 0.342 e. The molecule has 1 fully saturated rings. The predicted molar refractivity (Wildman–Crippen MR) is 88.5 cm³/mol. The minimum atomic E-state index is -0.548.